The van der Waals surface area contributed by atoms with Crippen LogP contribution in [0.25, 0.3) is 0 Å². The van der Waals surface area contributed by atoms with Crippen LogP contribution in [0.2, 0.25) is 10.0 Å². The highest BCUT2D eigenvalue weighted by molar-refractivity contribution is 6.42. The van der Waals surface area contributed by atoms with E-state index in [4.69, 9.17) is 23.2 Å². The quantitative estimate of drug-likeness (QED) is 0.778. The molecule has 24 heavy (non-hydrogen) atoms. The summed E-state index contributed by atoms with van der Waals surface area (Å²) >= 11 is 11.9. The van der Waals surface area contributed by atoms with E-state index in [1.807, 2.05) is 18.0 Å². The lowest BCUT2D eigenvalue weighted by molar-refractivity contribution is -0.117. The van der Waals surface area contributed by atoms with Crippen LogP contribution < -0.4 is 5.32 Å². The zero-order valence-electron chi connectivity index (χ0n) is 13.5. The van der Waals surface area contributed by atoms with Gasteiger partial charge in [-0.15, -0.1) is 0 Å². The molecule has 0 bridgehead atoms. The van der Waals surface area contributed by atoms with Crippen LogP contribution in [0.5, 0.6) is 0 Å². The van der Waals surface area contributed by atoms with E-state index in [-0.39, 0.29) is 18.2 Å². The molecular formula is C18H18Cl2N2O2. The summed E-state index contributed by atoms with van der Waals surface area (Å²) in [6.45, 7) is 2.27. The first-order valence-corrected chi connectivity index (χ1v) is 8.14. The Kier molecular flexibility index (Phi) is 6.37. The molecule has 0 radical (unpaired) electrons. The topological polar surface area (TPSA) is 49.4 Å². The molecule has 0 saturated heterocycles. The molecule has 0 saturated carbocycles. The number of amides is 1. The smallest absolute Gasteiger partial charge is 0.238 e. The minimum absolute atomic E-state index is 0.0390. The molecule has 0 atom stereocenters. The maximum atomic E-state index is 12.1. The number of ketones is 1. The summed E-state index contributed by atoms with van der Waals surface area (Å²) in [6.07, 6.45) is 0. The van der Waals surface area contributed by atoms with Crippen molar-refractivity contribution < 1.29 is 9.59 Å². The fourth-order valence-electron chi connectivity index (χ4n) is 2.27. The van der Waals surface area contributed by atoms with Gasteiger partial charge in [0.25, 0.3) is 0 Å². The number of carbonyl (C=O) groups is 2. The van der Waals surface area contributed by atoms with Crippen molar-refractivity contribution in [1.82, 2.24) is 4.90 Å². The summed E-state index contributed by atoms with van der Waals surface area (Å²) in [4.78, 5) is 25.4. The van der Waals surface area contributed by atoms with Gasteiger partial charge in [-0.25, -0.2) is 0 Å². The summed E-state index contributed by atoms with van der Waals surface area (Å²) in [5.41, 5.74) is 2.14. The summed E-state index contributed by atoms with van der Waals surface area (Å²) in [5.74, 6) is -0.193. The van der Waals surface area contributed by atoms with E-state index >= 15 is 0 Å². The molecule has 2 rings (SSSR count). The van der Waals surface area contributed by atoms with E-state index in [1.54, 1.807) is 36.4 Å². The second-order valence-corrected chi connectivity index (χ2v) is 6.42. The van der Waals surface area contributed by atoms with Crippen molar-refractivity contribution in [3.63, 3.8) is 0 Å². The molecule has 0 heterocycles. The molecule has 126 valence electrons. The van der Waals surface area contributed by atoms with Gasteiger partial charge in [0.05, 0.1) is 16.6 Å². The van der Waals surface area contributed by atoms with Crippen LogP contribution >= 0.6 is 23.2 Å². The summed E-state index contributed by atoms with van der Waals surface area (Å²) in [6, 6.07) is 12.3. The van der Waals surface area contributed by atoms with Gasteiger partial charge in [0.1, 0.15) is 0 Å². The molecule has 0 unspecified atom stereocenters. The number of likely N-dealkylation sites (N-methyl/N-ethyl adjacent to an activating group) is 1. The highest BCUT2D eigenvalue weighted by Crippen LogP contribution is 2.23. The van der Waals surface area contributed by atoms with Crippen molar-refractivity contribution in [3.05, 3.63) is 63.6 Å². The summed E-state index contributed by atoms with van der Waals surface area (Å²) < 4.78 is 0. The van der Waals surface area contributed by atoms with Gasteiger partial charge in [-0.05, 0) is 43.8 Å². The van der Waals surface area contributed by atoms with E-state index in [0.29, 0.717) is 27.8 Å². The third-order valence-electron chi connectivity index (χ3n) is 3.40. The molecule has 0 spiro atoms. The largest absolute Gasteiger partial charge is 0.325 e. The highest BCUT2D eigenvalue weighted by Gasteiger charge is 2.09. The van der Waals surface area contributed by atoms with Gasteiger partial charge in [0.2, 0.25) is 5.91 Å². The number of halogens is 2. The number of anilines is 1. The van der Waals surface area contributed by atoms with Crippen LogP contribution in [0.4, 0.5) is 5.69 Å². The third-order valence-corrected chi connectivity index (χ3v) is 4.14. The molecule has 4 nitrogen and oxygen atoms in total. The first kappa shape index (κ1) is 18.5. The average molecular weight is 365 g/mol. The maximum Gasteiger partial charge on any atom is 0.238 e. The van der Waals surface area contributed by atoms with Crippen LogP contribution in [0, 0.1) is 0 Å². The van der Waals surface area contributed by atoms with E-state index in [1.165, 1.54) is 6.92 Å². The molecule has 1 N–H and O–H groups in total. The Bertz CT molecular complexity index is 762. The van der Waals surface area contributed by atoms with Gasteiger partial charge in [-0.2, -0.15) is 0 Å². The molecule has 2 aromatic rings. The third kappa shape index (κ3) is 5.34. The molecule has 1 amide bonds. The van der Waals surface area contributed by atoms with E-state index < -0.39 is 0 Å². The number of hydrogen-bond acceptors (Lipinski definition) is 3. The van der Waals surface area contributed by atoms with Crippen molar-refractivity contribution in [1.29, 1.82) is 0 Å². The number of hydrogen-bond donors (Lipinski definition) is 1. The lowest BCUT2D eigenvalue weighted by Gasteiger charge is -2.17. The van der Waals surface area contributed by atoms with Gasteiger partial charge in [0, 0.05) is 17.8 Å². The average Bonchev–Trinajstić information content (AvgIpc) is 2.51. The van der Waals surface area contributed by atoms with E-state index in [9.17, 15) is 9.59 Å². The normalized spacial score (nSPS) is 10.7. The van der Waals surface area contributed by atoms with Crippen LogP contribution in [-0.4, -0.2) is 30.2 Å². The molecule has 0 aliphatic rings. The number of Topliss-reactive ketones (excluding diaryl/α,β-unsaturated/α-hetero) is 1. The number of nitrogens with one attached hydrogen (secondary N) is 1. The van der Waals surface area contributed by atoms with Crippen molar-refractivity contribution in [2.75, 3.05) is 18.9 Å². The fraction of sp³-hybridized carbons (Fsp3) is 0.222. The van der Waals surface area contributed by atoms with Gasteiger partial charge >= 0.3 is 0 Å². The first-order chi connectivity index (χ1) is 11.3. The number of rotatable bonds is 6. The molecule has 0 aliphatic carbocycles. The second kappa shape index (κ2) is 8.29. The summed E-state index contributed by atoms with van der Waals surface area (Å²) in [5, 5.41) is 3.79. The van der Waals surface area contributed by atoms with Crippen molar-refractivity contribution in [2.45, 2.75) is 13.5 Å². The minimum atomic E-state index is -0.154. The standard InChI is InChI=1S/C18H18Cl2N2O2/c1-12(23)14-4-3-5-15(9-14)21-18(24)11-22(2)10-13-6-7-16(19)17(20)8-13/h3-9H,10-11H2,1-2H3,(H,21,24). The van der Waals surface area contributed by atoms with Crippen LogP contribution in [-0.2, 0) is 11.3 Å². The van der Waals surface area contributed by atoms with Gasteiger partial charge in [-0.1, -0.05) is 41.4 Å². The van der Waals surface area contributed by atoms with Crippen LogP contribution in [0.15, 0.2) is 42.5 Å². The maximum absolute atomic E-state index is 12.1. The Morgan fingerprint density at radius 2 is 1.83 bits per heavy atom. The van der Waals surface area contributed by atoms with E-state index in [2.05, 4.69) is 5.32 Å². The van der Waals surface area contributed by atoms with Crippen molar-refractivity contribution in [3.8, 4) is 0 Å². The van der Waals surface area contributed by atoms with Crippen LogP contribution in [0.1, 0.15) is 22.8 Å². The predicted molar refractivity (Wildman–Crippen MR) is 97.9 cm³/mol. The van der Waals surface area contributed by atoms with Gasteiger partial charge in [0.15, 0.2) is 5.78 Å². The number of carbonyl (C=O) groups excluding carboxylic acids is 2. The summed E-state index contributed by atoms with van der Waals surface area (Å²) in [7, 11) is 1.84. The molecule has 0 aromatic heterocycles. The van der Waals surface area contributed by atoms with Crippen molar-refractivity contribution >= 4 is 40.6 Å². The number of nitrogens with zero attached hydrogens (tertiary/aromatic N) is 1. The lowest BCUT2D eigenvalue weighted by Crippen LogP contribution is -2.29. The fourth-order valence-corrected chi connectivity index (χ4v) is 2.59. The zero-order chi connectivity index (χ0) is 17.7. The SMILES string of the molecule is CC(=O)c1cccc(NC(=O)CN(C)Cc2ccc(Cl)c(Cl)c2)c1. The zero-order valence-corrected chi connectivity index (χ0v) is 15.0. The molecule has 2 aromatic carbocycles. The van der Waals surface area contributed by atoms with Gasteiger partial charge < -0.3 is 5.32 Å². The Morgan fingerprint density at radius 3 is 2.50 bits per heavy atom. The minimum Gasteiger partial charge on any atom is -0.325 e. The monoisotopic (exact) mass is 364 g/mol. The Labute approximate surface area is 151 Å². The first-order valence-electron chi connectivity index (χ1n) is 7.38. The Hall–Kier alpha value is -1.88. The molecule has 0 fully saturated rings. The molecule has 6 heteroatoms. The lowest BCUT2D eigenvalue weighted by atomic mass is 10.1. The number of benzene rings is 2. The molecule has 0 aliphatic heterocycles. The van der Waals surface area contributed by atoms with E-state index in [0.717, 1.165) is 5.56 Å². The second-order valence-electron chi connectivity index (χ2n) is 5.61. The van der Waals surface area contributed by atoms with Gasteiger partial charge in [-0.3, -0.25) is 14.5 Å². The predicted octanol–water partition coefficient (Wildman–Crippen LogP) is 4.27. The van der Waals surface area contributed by atoms with Crippen molar-refractivity contribution in [2.24, 2.45) is 0 Å². The Balaban J connectivity index is 1.92. The molecular weight excluding hydrogens is 347 g/mol. The van der Waals surface area contributed by atoms with Crippen LogP contribution in [0.3, 0.4) is 0 Å². The Morgan fingerprint density at radius 1 is 1.08 bits per heavy atom. The highest BCUT2D eigenvalue weighted by atomic mass is 35.5.